The first-order valence-corrected chi connectivity index (χ1v) is 7.86. The van der Waals surface area contributed by atoms with Gasteiger partial charge in [-0.1, -0.05) is 30.3 Å². The molecule has 106 valence electrons. The molecule has 0 amide bonds. The van der Waals surface area contributed by atoms with Gasteiger partial charge in [-0.3, -0.25) is 5.10 Å². The van der Waals surface area contributed by atoms with Crippen LogP contribution in [0.5, 0.6) is 0 Å². The monoisotopic (exact) mass is 295 g/mol. The van der Waals surface area contributed by atoms with Crippen molar-refractivity contribution in [2.45, 2.75) is 24.5 Å². The lowest BCUT2D eigenvalue weighted by molar-refractivity contribution is 1.09. The van der Waals surface area contributed by atoms with Crippen molar-refractivity contribution in [1.29, 1.82) is 0 Å². The second-order valence-electron chi connectivity index (χ2n) is 5.02. The van der Waals surface area contributed by atoms with Crippen LogP contribution in [0.4, 0.5) is 0 Å². The van der Waals surface area contributed by atoms with E-state index in [0.717, 1.165) is 17.1 Å². The van der Waals surface area contributed by atoms with Crippen molar-refractivity contribution in [2.75, 3.05) is 0 Å². The quantitative estimate of drug-likeness (QED) is 0.726. The van der Waals surface area contributed by atoms with Gasteiger partial charge >= 0.3 is 0 Å². The second-order valence-corrected chi connectivity index (χ2v) is 6.04. The minimum atomic E-state index is 0.819. The van der Waals surface area contributed by atoms with E-state index in [1.807, 2.05) is 17.8 Å². The van der Waals surface area contributed by atoms with E-state index < -0.39 is 0 Å². The summed E-state index contributed by atoms with van der Waals surface area (Å²) in [5.41, 5.74) is 5.04. The van der Waals surface area contributed by atoms with Crippen LogP contribution >= 0.6 is 11.8 Å². The van der Waals surface area contributed by atoms with Crippen LogP contribution in [0.25, 0.3) is 11.4 Å². The van der Waals surface area contributed by atoms with Crippen LogP contribution in [-0.2, 0) is 5.75 Å². The standard InChI is InChI=1S/C17H17N3S/c1-12-8-15(17-18-11-19-20-17)9-16(13(12)2)21-10-14-6-4-3-5-7-14/h3-9,11H,10H2,1-2H3,(H,18,19,20). The highest BCUT2D eigenvalue weighted by atomic mass is 32.2. The van der Waals surface area contributed by atoms with Crippen LogP contribution in [0, 0.1) is 13.8 Å². The summed E-state index contributed by atoms with van der Waals surface area (Å²) < 4.78 is 0. The first-order valence-electron chi connectivity index (χ1n) is 6.88. The highest BCUT2D eigenvalue weighted by Gasteiger charge is 2.08. The molecule has 1 heterocycles. The van der Waals surface area contributed by atoms with Gasteiger partial charge in [0.15, 0.2) is 5.82 Å². The van der Waals surface area contributed by atoms with Crippen LogP contribution in [0.15, 0.2) is 53.7 Å². The van der Waals surface area contributed by atoms with Crippen molar-refractivity contribution in [2.24, 2.45) is 0 Å². The van der Waals surface area contributed by atoms with Gasteiger partial charge in [0.2, 0.25) is 0 Å². The Morgan fingerprint density at radius 2 is 1.90 bits per heavy atom. The third kappa shape index (κ3) is 3.16. The zero-order valence-corrected chi connectivity index (χ0v) is 12.9. The molecule has 0 aliphatic carbocycles. The fraction of sp³-hybridized carbons (Fsp3) is 0.176. The molecule has 0 saturated carbocycles. The van der Waals surface area contributed by atoms with Crippen molar-refractivity contribution in [3.63, 3.8) is 0 Å². The molecule has 1 aromatic heterocycles. The number of nitrogens with one attached hydrogen (secondary N) is 1. The summed E-state index contributed by atoms with van der Waals surface area (Å²) in [4.78, 5) is 5.54. The number of benzene rings is 2. The average molecular weight is 295 g/mol. The molecule has 0 radical (unpaired) electrons. The number of H-pyrrole nitrogens is 1. The van der Waals surface area contributed by atoms with Crippen LogP contribution in [0.2, 0.25) is 0 Å². The molecule has 0 unspecified atom stereocenters. The van der Waals surface area contributed by atoms with Crippen molar-refractivity contribution >= 4 is 11.8 Å². The van der Waals surface area contributed by atoms with Gasteiger partial charge in [-0.05, 0) is 42.7 Å². The fourth-order valence-electron chi connectivity index (χ4n) is 2.19. The van der Waals surface area contributed by atoms with Crippen LogP contribution in [-0.4, -0.2) is 15.2 Å². The molecule has 0 aliphatic heterocycles. The summed E-state index contributed by atoms with van der Waals surface area (Å²) >= 11 is 1.86. The third-order valence-corrected chi connectivity index (χ3v) is 4.76. The number of hydrogen-bond acceptors (Lipinski definition) is 3. The lowest BCUT2D eigenvalue weighted by Gasteiger charge is -2.11. The van der Waals surface area contributed by atoms with Crippen LogP contribution in [0.3, 0.4) is 0 Å². The number of hydrogen-bond donors (Lipinski definition) is 1. The van der Waals surface area contributed by atoms with Crippen molar-refractivity contribution in [3.8, 4) is 11.4 Å². The minimum absolute atomic E-state index is 0.819. The van der Waals surface area contributed by atoms with E-state index in [0.29, 0.717) is 0 Å². The van der Waals surface area contributed by atoms with Gasteiger partial charge in [0.1, 0.15) is 6.33 Å². The first kappa shape index (κ1) is 13.9. The zero-order chi connectivity index (χ0) is 14.7. The van der Waals surface area contributed by atoms with Gasteiger partial charge in [-0.15, -0.1) is 11.8 Å². The number of nitrogens with zero attached hydrogens (tertiary/aromatic N) is 2. The molecule has 3 aromatic rings. The van der Waals surface area contributed by atoms with Gasteiger partial charge < -0.3 is 0 Å². The summed E-state index contributed by atoms with van der Waals surface area (Å²) in [6, 6.07) is 14.9. The lowest BCUT2D eigenvalue weighted by atomic mass is 10.1. The van der Waals surface area contributed by atoms with Crippen molar-refractivity contribution in [1.82, 2.24) is 15.2 Å². The van der Waals surface area contributed by atoms with E-state index in [9.17, 15) is 0 Å². The molecule has 0 bridgehead atoms. The van der Waals surface area contributed by atoms with Gasteiger partial charge in [-0.2, -0.15) is 5.10 Å². The Morgan fingerprint density at radius 3 is 2.62 bits per heavy atom. The molecule has 0 fully saturated rings. The smallest absolute Gasteiger partial charge is 0.155 e. The Morgan fingerprint density at radius 1 is 1.10 bits per heavy atom. The maximum absolute atomic E-state index is 4.24. The normalized spacial score (nSPS) is 10.8. The largest absolute Gasteiger partial charge is 0.259 e. The summed E-state index contributed by atoms with van der Waals surface area (Å²) in [6.45, 7) is 4.31. The number of aromatic amines is 1. The van der Waals surface area contributed by atoms with Gasteiger partial charge in [0.25, 0.3) is 0 Å². The fourth-order valence-corrected chi connectivity index (χ4v) is 3.30. The summed E-state index contributed by atoms with van der Waals surface area (Å²) in [5, 5.41) is 6.86. The predicted molar refractivity (Wildman–Crippen MR) is 87.3 cm³/mol. The molecule has 0 atom stereocenters. The van der Waals surface area contributed by atoms with Gasteiger partial charge in [0.05, 0.1) is 0 Å². The Bertz CT molecular complexity index is 721. The Labute approximate surface area is 128 Å². The number of aryl methyl sites for hydroxylation is 1. The Kier molecular flexibility index (Phi) is 4.06. The number of thioether (sulfide) groups is 1. The Hall–Kier alpha value is -2.07. The molecular formula is C17H17N3S. The van der Waals surface area contributed by atoms with E-state index >= 15 is 0 Å². The maximum atomic E-state index is 4.24. The van der Waals surface area contributed by atoms with Crippen LogP contribution < -0.4 is 0 Å². The molecule has 0 saturated heterocycles. The van der Waals surface area contributed by atoms with Crippen molar-refractivity contribution in [3.05, 3.63) is 65.5 Å². The topological polar surface area (TPSA) is 41.6 Å². The highest BCUT2D eigenvalue weighted by Crippen LogP contribution is 2.31. The number of rotatable bonds is 4. The average Bonchev–Trinajstić information content (AvgIpc) is 3.04. The zero-order valence-electron chi connectivity index (χ0n) is 12.1. The predicted octanol–water partition coefficient (Wildman–Crippen LogP) is 4.38. The maximum Gasteiger partial charge on any atom is 0.155 e. The molecule has 3 nitrogen and oxygen atoms in total. The van der Waals surface area contributed by atoms with Gasteiger partial charge in [0, 0.05) is 16.2 Å². The third-order valence-electron chi connectivity index (χ3n) is 3.55. The molecule has 3 rings (SSSR count). The molecular weight excluding hydrogens is 278 g/mol. The van der Waals surface area contributed by atoms with E-state index in [4.69, 9.17) is 0 Å². The molecule has 1 N–H and O–H groups in total. The van der Waals surface area contributed by atoms with E-state index in [1.54, 1.807) is 6.33 Å². The summed E-state index contributed by atoms with van der Waals surface area (Å²) in [6.07, 6.45) is 1.54. The first-order chi connectivity index (χ1) is 10.2. The Balaban J connectivity index is 1.87. The van der Waals surface area contributed by atoms with Gasteiger partial charge in [-0.25, -0.2) is 4.98 Å². The number of aromatic nitrogens is 3. The molecule has 4 heteroatoms. The molecule has 0 spiro atoms. The second kappa shape index (κ2) is 6.14. The lowest BCUT2D eigenvalue weighted by Crippen LogP contribution is -1.90. The minimum Gasteiger partial charge on any atom is -0.259 e. The summed E-state index contributed by atoms with van der Waals surface area (Å²) in [7, 11) is 0. The van der Waals surface area contributed by atoms with Crippen molar-refractivity contribution < 1.29 is 0 Å². The molecule has 0 aliphatic rings. The highest BCUT2D eigenvalue weighted by molar-refractivity contribution is 7.98. The molecule has 2 aromatic carbocycles. The van der Waals surface area contributed by atoms with E-state index in [-0.39, 0.29) is 0 Å². The van der Waals surface area contributed by atoms with E-state index in [1.165, 1.54) is 21.6 Å². The molecule has 21 heavy (non-hydrogen) atoms. The van der Waals surface area contributed by atoms with Crippen LogP contribution in [0.1, 0.15) is 16.7 Å². The van der Waals surface area contributed by atoms with E-state index in [2.05, 4.69) is 65.4 Å². The SMILES string of the molecule is Cc1cc(-c2ncn[nH]2)cc(SCc2ccccc2)c1C. The summed E-state index contributed by atoms with van der Waals surface area (Å²) in [5.74, 6) is 1.79.